The summed E-state index contributed by atoms with van der Waals surface area (Å²) in [6, 6.07) is 0.437. The molecule has 8 heteroatoms. The van der Waals surface area contributed by atoms with Gasteiger partial charge in [0.25, 0.3) is 0 Å². The molecule has 3 heterocycles. The minimum absolute atomic E-state index is 0.00344. The standard InChI is InChI=1S/C12H17N5O3/c18-11(19)4-2-9-5-16(15-14-9)7-10-3-1-8-6-17(10)12(20)13-8/h5,8,10H,1-4,6-7H2,(H,13,20)(H,18,19)/t8-,10+/m1/s1. The molecule has 1 aromatic rings. The maximum absolute atomic E-state index is 11.7. The second kappa shape index (κ2) is 5.10. The van der Waals surface area contributed by atoms with E-state index >= 15 is 0 Å². The number of hydrogen-bond acceptors (Lipinski definition) is 4. The molecule has 1 aromatic heterocycles. The highest BCUT2D eigenvalue weighted by Gasteiger charge is 2.38. The summed E-state index contributed by atoms with van der Waals surface area (Å²) in [5.41, 5.74) is 0.673. The summed E-state index contributed by atoms with van der Waals surface area (Å²) in [5.74, 6) is -0.841. The van der Waals surface area contributed by atoms with E-state index in [1.807, 2.05) is 4.90 Å². The second-order valence-electron chi connectivity index (χ2n) is 5.36. The quantitative estimate of drug-likeness (QED) is 0.780. The number of urea groups is 1. The summed E-state index contributed by atoms with van der Waals surface area (Å²) in [6.07, 6.45) is 4.15. The molecule has 0 spiro atoms. The zero-order valence-corrected chi connectivity index (χ0v) is 11.0. The van der Waals surface area contributed by atoms with Gasteiger partial charge in [-0.15, -0.1) is 5.10 Å². The van der Waals surface area contributed by atoms with Crippen molar-refractivity contribution in [1.82, 2.24) is 25.2 Å². The first-order valence-electron chi connectivity index (χ1n) is 6.80. The minimum Gasteiger partial charge on any atom is -0.481 e. The van der Waals surface area contributed by atoms with Crippen LogP contribution in [0.5, 0.6) is 0 Å². The summed E-state index contributed by atoms with van der Waals surface area (Å²) in [6.45, 7) is 1.38. The van der Waals surface area contributed by atoms with Gasteiger partial charge in [-0.1, -0.05) is 5.21 Å². The van der Waals surface area contributed by atoms with Gasteiger partial charge in [-0.3, -0.25) is 9.48 Å². The number of aryl methyl sites for hydroxylation is 1. The highest BCUT2D eigenvalue weighted by Crippen LogP contribution is 2.23. The van der Waals surface area contributed by atoms with Gasteiger partial charge in [0.05, 0.1) is 24.7 Å². The Balaban J connectivity index is 1.60. The molecule has 0 radical (unpaired) electrons. The fourth-order valence-electron chi connectivity index (χ4n) is 2.83. The SMILES string of the molecule is O=C(O)CCc1cn(C[C@@H]2CC[C@@H]3CN2C(=O)N3)nn1. The molecule has 2 bridgehead atoms. The number of carboxylic acids is 1. The van der Waals surface area contributed by atoms with Gasteiger partial charge in [-0.2, -0.15) is 0 Å². The lowest BCUT2D eigenvalue weighted by atomic mass is 10.0. The van der Waals surface area contributed by atoms with Crippen molar-refractivity contribution in [2.45, 2.75) is 44.3 Å². The Kier molecular flexibility index (Phi) is 3.29. The van der Waals surface area contributed by atoms with Crippen LogP contribution in [0.2, 0.25) is 0 Å². The van der Waals surface area contributed by atoms with Crippen molar-refractivity contribution < 1.29 is 14.7 Å². The molecule has 0 unspecified atom stereocenters. The number of rotatable bonds is 5. The van der Waals surface area contributed by atoms with Crippen molar-refractivity contribution in [2.75, 3.05) is 6.54 Å². The molecular formula is C12H17N5O3. The molecule has 2 N–H and O–H groups in total. The van der Waals surface area contributed by atoms with E-state index < -0.39 is 5.97 Å². The Labute approximate surface area is 115 Å². The maximum Gasteiger partial charge on any atom is 0.318 e. The number of aromatic nitrogens is 3. The fourth-order valence-corrected chi connectivity index (χ4v) is 2.83. The van der Waals surface area contributed by atoms with Gasteiger partial charge >= 0.3 is 12.0 Å². The van der Waals surface area contributed by atoms with Crippen LogP contribution in [0.1, 0.15) is 25.0 Å². The number of fused-ring (bicyclic) bond motifs is 2. The van der Waals surface area contributed by atoms with E-state index in [4.69, 9.17) is 5.11 Å². The predicted molar refractivity (Wildman–Crippen MR) is 68.0 cm³/mol. The van der Waals surface area contributed by atoms with E-state index in [9.17, 15) is 9.59 Å². The molecule has 0 aromatic carbocycles. The van der Waals surface area contributed by atoms with E-state index in [0.717, 1.165) is 19.4 Å². The molecule has 2 atom stereocenters. The summed E-state index contributed by atoms with van der Waals surface area (Å²) >= 11 is 0. The van der Waals surface area contributed by atoms with Crippen LogP contribution < -0.4 is 5.32 Å². The zero-order valence-electron chi connectivity index (χ0n) is 11.0. The van der Waals surface area contributed by atoms with Crippen molar-refractivity contribution >= 4 is 12.0 Å². The number of nitrogens with one attached hydrogen (secondary N) is 1. The lowest BCUT2D eigenvalue weighted by Crippen LogP contribution is -2.42. The molecule has 2 fully saturated rings. The predicted octanol–water partition coefficient (Wildman–Crippen LogP) is -0.148. The van der Waals surface area contributed by atoms with Crippen LogP contribution in [0.3, 0.4) is 0 Å². The van der Waals surface area contributed by atoms with Gasteiger partial charge in [0.15, 0.2) is 0 Å². The van der Waals surface area contributed by atoms with Gasteiger partial charge in [0, 0.05) is 25.2 Å². The average Bonchev–Trinajstić information content (AvgIpc) is 2.96. The lowest BCUT2D eigenvalue weighted by molar-refractivity contribution is -0.136. The zero-order chi connectivity index (χ0) is 14.1. The number of piperidine rings is 1. The Hall–Kier alpha value is -2.12. The number of carboxylic acid groups (broad SMARTS) is 1. The lowest BCUT2D eigenvalue weighted by Gasteiger charge is -2.30. The third-order valence-corrected chi connectivity index (χ3v) is 3.87. The van der Waals surface area contributed by atoms with Crippen LogP contribution >= 0.6 is 0 Å². The first kappa shape index (κ1) is 12.9. The van der Waals surface area contributed by atoms with E-state index in [0.29, 0.717) is 24.7 Å². The number of aliphatic carboxylic acids is 1. The molecule has 2 aliphatic heterocycles. The Bertz CT molecular complexity index is 529. The van der Waals surface area contributed by atoms with Crippen LogP contribution in [0.25, 0.3) is 0 Å². The number of nitrogens with zero attached hydrogens (tertiary/aromatic N) is 4. The highest BCUT2D eigenvalue weighted by atomic mass is 16.4. The highest BCUT2D eigenvalue weighted by molar-refractivity contribution is 5.77. The number of carbonyl (C=O) groups is 2. The van der Waals surface area contributed by atoms with Crippen molar-refractivity contribution in [3.05, 3.63) is 11.9 Å². The van der Waals surface area contributed by atoms with E-state index in [2.05, 4.69) is 15.6 Å². The van der Waals surface area contributed by atoms with Crippen LogP contribution in [0.4, 0.5) is 4.79 Å². The second-order valence-corrected chi connectivity index (χ2v) is 5.36. The third kappa shape index (κ3) is 2.59. The van der Waals surface area contributed by atoms with Crippen molar-refractivity contribution in [3.8, 4) is 0 Å². The smallest absolute Gasteiger partial charge is 0.318 e. The Morgan fingerprint density at radius 1 is 1.50 bits per heavy atom. The van der Waals surface area contributed by atoms with Crippen LogP contribution in [0, 0.1) is 0 Å². The molecule has 20 heavy (non-hydrogen) atoms. The van der Waals surface area contributed by atoms with Crippen molar-refractivity contribution in [2.24, 2.45) is 0 Å². The van der Waals surface area contributed by atoms with Gasteiger partial charge in [0.1, 0.15) is 0 Å². The van der Waals surface area contributed by atoms with E-state index in [1.165, 1.54) is 0 Å². The Morgan fingerprint density at radius 2 is 2.35 bits per heavy atom. The molecule has 108 valence electrons. The summed E-state index contributed by atoms with van der Waals surface area (Å²) in [4.78, 5) is 24.1. The number of hydrogen-bond donors (Lipinski definition) is 2. The van der Waals surface area contributed by atoms with Gasteiger partial charge < -0.3 is 15.3 Å². The average molecular weight is 279 g/mol. The van der Waals surface area contributed by atoms with Gasteiger partial charge in [-0.25, -0.2) is 4.79 Å². The monoisotopic (exact) mass is 279 g/mol. The normalized spacial score (nSPS) is 24.8. The first-order valence-corrected chi connectivity index (χ1v) is 6.80. The van der Waals surface area contributed by atoms with Crippen LogP contribution in [-0.2, 0) is 17.8 Å². The third-order valence-electron chi connectivity index (χ3n) is 3.87. The summed E-state index contributed by atoms with van der Waals surface area (Å²) < 4.78 is 1.70. The van der Waals surface area contributed by atoms with Crippen molar-refractivity contribution in [3.63, 3.8) is 0 Å². The topological polar surface area (TPSA) is 100 Å². The molecule has 3 rings (SSSR count). The molecule has 0 aliphatic carbocycles. The van der Waals surface area contributed by atoms with Crippen molar-refractivity contribution in [1.29, 1.82) is 0 Å². The number of amides is 2. The molecular weight excluding hydrogens is 262 g/mol. The molecule has 2 aliphatic rings. The molecule has 2 amide bonds. The maximum atomic E-state index is 11.7. The largest absolute Gasteiger partial charge is 0.481 e. The Morgan fingerprint density at radius 3 is 3.15 bits per heavy atom. The minimum atomic E-state index is -0.841. The molecule has 2 saturated heterocycles. The van der Waals surface area contributed by atoms with E-state index in [-0.39, 0.29) is 18.5 Å². The number of carbonyl (C=O) groups excluding carboxylic acids is 1. The first-order chi connectivity index (χ1) is 9.61. The molecule has 0 saturated carbocycles. The molecule has 8 nitrogen and oxygen atoms in total. The van der Waals surface area contributed by atoms with Gasteiger partial charge in [0.2, 0.25) is 0 Å². The summed E-state index contributed by atoms with van der Waals surface area (Å²) in [7, 11) is 0. The van der Waals surface area contributed by atoms with E-state index in [1.54, 1.807) is 10.9 Å². The fraction of sp³-hybridized carbons (Fsp3) is 0.667. The van der Waals surface area contributed by atoms with Crippen LogP contribution in [0.15, 0.2) is 6.20 Å². The summed E-state index contributed by atoms with van der Waals surface area (Å²) in [5, 5.41) is 19.6. The van der Waals surface area contributed by atoms with Gasteiger partial charge in [-0.05, 0) is 12.8 Å². The van der Waals surface area contributed by atoms with Crippen LogP contribution in [-0.4, -0.2) is 55.6 Å².